The Hall–Kier alpha value is -3.12. The lowest BCUT2D eigenvalue weighted by Crippen LogP contribution is -2.35. The molecule has 0 aromatic heterocycles. The summed E-state index contributed by atoms with van der Waals surface area (Å²) in [6, 6.07) is 20.8. The average molecular weight is 955 g/mol. The Morgan fingerprint density at radius 1 is 0.362 bits per heavy atom. The van der Waals surface area contributed by atoms with Crippen LogP contribution >= 0.6 is 0 Å². The highest BCUT2D eigenvalue weighted by molar-refractivity contribution is 7.52. The SMILES string of the molecule is C.C.C.C.CC.CC.CC.CC.CCC(C(F)(F)F)C(F)(F)F.CCC(C(F)(F)F)C(F)(F)F.O=S=O.O=S=O.O=S=O.O=S=O.c1ccc(-c2ccccc2)cc1. The number of rotatable bonds is 3. The monoisotopic (exact) mass is 954 g/mol. The summed E-state index contributed by atoms with van der Waals surface area (Å²) in [7, 11) is 0. The van der Waals surface area contributed by atoms with Crippen LogP contribution in [0, 0.1) is 11.8 Å². The van der Waals surface area contributed by atoms with E-state index in [1.165, 1.54) is 11.1 Å². The molecule has 0 fully saturated rings. The van der Waals surface area contributed by atoms with Crippen LogP contribution in [-0.2, 0) is 46.3 Å². The van der Waals surface area contributed by atoms with Gasteiger partial charge < -0.3 is 0 Å². The largest absolute Gasteiger partial charge is 0.400 e. The molecule has 58 heavy (non-hydrogen) atoms. The molecule has 0 aliphatic heterocycles. The summed E-state index contributed by atoms with van der Waals surface area (Å²) in [6.07, 6.45) is -22.6. The second-order valence-corrected chi connectivity index (χ2v) is 7.64. The minimum atomic E-state index is -5.17. The Labute approximate surface area is 351 Å². The van der Waals surface area contributed by atoms with Crippen LogP contribution in [0.15, 0.2) is 60.7 Å². The second kappa shape index (κ2) is 63.1. The van der Waals surface area contributed by atoms with Crippen molar-refractivity contribution in [2.24, 2.45) is 11.8 Å². The van der Waals surface area contributed by atoms with Crippen molar-refractivity contribution in [3.8, 4) is 11.1 Å². The molecule has 0 atom stereocenters. The predicted octanol–water partition coefficient (Wildman–Crippen LogP) is 13.6. The van der Waals surface area contributed by atoms with Crippen molar-refractivity contribution in [2.75, 3.05) is 0 Å². The third-order valence-electron chi connectivity index (χ3n) is 4.28. The number of benzene rings is 2. The Morgan fingerprint density at radius 2 is 0.483 bits per heavy atom. The van der Waals surface area contributed by atoms with Crippen molar-refractivity contribution < 1.29 is 86.4 Å². The van der Waals surface area contributed by atoms with Crippen LogP contribution in [0.4, 0.5) is 52.7 Å². The van der Waals surface area contributed by atoms with Gasteiger partial charge in [0.25, 0.3) is 0 Å². The predicted molar refractivity (Wildman–Crippen MR) is 212 cm³/mol. The highest BCUT2D eigenvalue weighted by Crippen LogP contribution is 2.41. The summed E-state index contributed by atoms with van der Waals surface area (Å²) in [5.41, 5.74) is 2.55. The van der Waals surface area contributed by atoms with Gasteiger partial charge in [-0.2, -0.15) is 86.4 Å². The van der Waals surface area contributed by atoms with Gasteiger partial charge in [0.2, 0.25) is 0 Å². The minimum Gasteiger partial charge on any atom is -0.170 e. The fourth-order valence-electron chi connectivity index (χ4n) is 2.56. The third kappa shape index (κ3) is 70.7. The van der Waals surface area contributed by atoms with Gasteiger partial charge in [-0.05, 0) is 24.0 Å². The molecular weight excluding hydrogens is 893 g/mol. The summed E-state index contributed by atoms with van der Waals surface area (Å²) in [6.45, 7) is 17.7. The van der Waals surface area contributed by atoms with Crippen LogP contribution in [-0.4, -0.2) is 58.4 Å². The van der Waals surface area contributed by atoms with E-state index in [0.717, 1.165) is 13.8 Å². The van der Waals surface area contributed by atoms with E-state index in [1.54, 1.807) is 0 Å². The second-order valence-electron chi connectivity index (χ2n) is 7.09. The number of hydrogen-bond donors (Lipinski definition) is 0. The zero-order chi connectivity index (χ0) is 45.6. The molecule has 2 rings (SSSR count). The van der Waals surface area contributed by atoms with Crippen LogP contribution in [0.3, 0.4) is 0 Å². The van der Waals surface area contributed by atoms with Gasteiger partial charge in [0.05, 0.1) is 0 Å². The van der Waals surface area contributed by atoms with Crippen molar-refractivity contribution in [1.29, 1.82) is 0 Å². The van der Waals surface area contributed by atoms with Gasteiger partial charge in [0, 0.05) is 0 Å². The molecule has 0 spiro atoms. The molecule has 0 heterocycles. The molecular formula is C34H62F12O8S4. The lowest BCUT2D eigenvalue weighted by Gasteiger charge is -2.20. The molecule has 354 valence electrons. The zero-order valence-electron chi connectivity index (χ0n) is 30.8. The molecule has 2 aromatic carbocycles. The van der Waals surface area contributed by atoms with Crippen LogP contribution < -0.4 is 0 Å². The standard InChI is InChI=1S/C12H10.2C5H6F6.4C2H6.4CH4.4O2S/c1-3-7-11(8-4-1)12-9-5-2-6-10-12;2*1-2-3(4(6,7)8)5(9,10)11;4*1-2;;;;;4*1-3-2/h1-10H;2*3H,2H2,1H3;4*1-2H3;4*1H4;;;;. The average Bonchev–Trinajstić information content (AvgIpc) is 3.09. The van der Waals surface area contributed by atoms with Crippen molar-refractivity contribution in [1.82, 2.24) is 0 Å². The van der Waals surface area contributed by atoms with Crippen molar-refractivity contribution in [3.63, 3.8) is 0 Å². The first kappa shape index (κ1) is 90.8. The fraction of sp³-hybridized carbons (Fsp3) is 0.647. The summed E-state index contributed by atoms with van der Waals surface area (Å²) in [4.78, 5) is 0. The molecule has 0 aliphatic rings. The normalized spacial score (nSPS) is 8.62. The summed E-state index contributed by atoms with van der Waals surface area (Å²) in [5.74, 6) is -6.37. The van der Waals surface area contributed by atoms with E-state index in [9.17, 15) is 52.7 Å². The van der Waals surface area contributed by atoms with Crippen molar-refractivity contribution >= 4 is 46.3 Å². The van der Waals surface area contributed by atoms with Gasteiger partial charge in [-0.3, -0.25) is 0 Å². The van der Waals surface area contributed by atoms with Gasteiger partial charge in [-0.15, -0.1) is 0 Å². The maximum absolute atomic E-state index is 11.5. The quantitative estimate of drug-likeness (QED) is 0.277. The molecule has 0 amide bonds. The van der Waals surface area contributed by atoms with Crippen LogP contribution in [0.1, 0.15) is 112 Å². The lowest BCUT2D eigenvalue weighted by atomic mass is 10.1. The molecule has 0 N–H and O–H groups in total. The van der Waals surface area contributed by atoms with Gasteiger partial charge in [-0.25, -0.2) is 0 Å². The van der Waals surface area contributed by atoms with Gasteiger partial charge >= 0.3 is 71.0 Å². The molecule has 0 radical (unpaired) electrons. The topological polar surface area (TPSA) is 137 Å². The smallest absolute Gasteiger partial charge is 0.170 e. The molecule has 0 saturated carbocycles. The molecule has 24 heteroatoms. The van der Waals surface area contributed by atoms with E-state index in [-0.39, 0.29) is 29.7 Å². The number of halogens is 12. The van der Waals surface area contributed by atoms with Gasteiger partial charge in [-0.1, -0.05) is 160 Å². The molecule has 2 aromatic rings. The van der Waals surface area contributed by atoms with Crippen LogP contribution in [0.2, 0.25) is 0 Å². The fourth-order valence-corrected chi connectivity index (χ4v) is 2.56. The summed E-state index contributed by atoms with van der Waals surface area (Å²) in [5, 5.41) is 0. The maximum Gasteiger partial charge on any atom is 0.400 e. The van der Waals surface area contributed by atoms with E-state index >= 15 is 0 Å². The molecule has 0 aliphatic carbocycles. The van der Waals surface area contributed by atoms with E-state index in [4.69, 9.17) is 33.7 Å². The zero-order valence-corrected chi connectivity index (χ0v) is 34.0. The van der Waals surface area contributed by atoms with E-state index in [1.807, 2.05) is 67.5 Å². The van der Waals surface area contributed by atoms with Crippen LogP contribution in [0.5, 0.6) is 0 Å². The van der Waals surface area contributed by atoms with E-state index in [2.05, 4.69) is 48.5 Å². The van der Waals surface area contributed by atoms with Crippen LogP contribution in [0.25, 0.3) is 11.1 Å². The molecule has 8 nitrogen and oxygen atoms in total. The summed E-state index contributed by atoms with van der Waals surface area (Å²) >= 11 is -3.00. The Bertz CT molecular complexity index is 1040. The van der Waals surface area contributed by atoms with Crippen molar-refractivity contribution in [2.45, 2.75) is 136 Å². The summed E-state index contributed by atoms with van der Waals surface area (Å²) < 4.78 is 204. The van der Waals surface area contributed by atoms with E-state index in [0.29, 0.717) is 0 Å². The first-order valence-corrected chi connectivity index (χ1v) is 17.7. The number of hydrogen-bond acceptors (Lipinski definition) is 8. The lowest BCUT2D eigenvalue weighted by molar-refractivity contribution is -0.285. The molecule has 0 bridgehead atoms. The maximum atomic E-state index is 11.5. The Kier molecular flexibility index (Phi) is 98.8. The van der Waals surface area contributed by atoms with E-state index < -0.39 is 95.7 Å². The van der Waals surface area contributed by atoms with Gasteiger partial charge in [0.15, 0.2) is 0 Å². The third-order valence-corrected chi connectivity index (χ3v) is 4.28. The molecule has 0 unspecified atom stereocenters. The van der Waals surface area contributed by atoms with Crippen molar-refractivity contribution in [3.05, 3.63) is 60.7 Å². The highest BCUT2D eigenvalue weighted by atomic mass is 32.1. The minimum absolute atomic E-state index is 0. The Balaban J connectivity index is -0.0000000378. The highest BCUT2D eigenvalue weighted by Gasteiger charge is 2.55. The molecule has 0 saturated heterocycles. The Morgan fingerprint density at radius 3 is 0.552 bits per heavy atom. The number of alkyl halides is 12. The first-order chi connectivity index (χ1) is 25.0. The van der Waals surface area contributed by atoms with Gasteiger partial charge in [0.1, 0.15) is 11.8 Å². The first-order valence-electron chi connectivity index (χ1n) is 15.1.